The van der Waals surface area contributed by atoms with Gasteiger partial charge in [-0.05, 0) is 36.4 Å². The number of benzene rings is 2. The van der Waals surface area contributed by atoms with Gasteiger partial charge in [-0.3, -0.25) is 0 Å². The molecule has 124 valence electrons. The number of rotatable bonds is 4. The van der Waals surface area contributed by atoms with Gasteiger partial charge in [0.2, 0.25) is 0 Å². The van der Waals surface area contributed by atoms with Crippen LogP contribution in [0, 0.1) is 0 Å². The fraction of sp³-hybridized carbons (Fsp3) is 0. The van der Waals surface area contributed by atoms with Crippen LogP contribution >= 0.6 is 46.4 Å². The van der Waals surface area contributed by atoms with Crippen LogP contribution in [-0.2, 0) is 20.0 Å². The molecule has 0 spiro atoms. The summed E-state index contributed by atoms with van der Waals surface area (Å²) in [7, 11) is -8.77. The predicted octanol–water partition coefficient (Wildman–Crippen LogP) is 3.97. The lowest BCUT2D eigenvalue weighted by atomic mass is 10.4. The molecule has 0 saturated carbocycles. The normalized spacial score (nSPS) is 12.3. The highest BCUT2D eigenvalue weighted by Crippen LogP contribution is 2.27. The van der Waals surface area contributed by atoms with Crippen molar-refractivity contribution in [2.75, 3.05) is 0 Å². The maximum atomic E-state index is 12.2. The van der Waals surface area contributed by atoms with Gasteiger partial charge in [-0.15, -0.1) is 4.13 Å². The molecule has 0 unspecified atom stereocenters. The predicted molar refractivity (Wildman–Crippen MR) is 90.4 cm³/mol. The molecule has 0 aliphatic heterocycles. The van der Waals surface area contributed by atoms with E-state index in [9.17, 15) is 16.8 Å². The van der Waals surface area contributed by atoms with Gasteiger partial charge in [0.15, 0.2) is 0 Å². The maximum absolute atomic E-state index is 12.2. The molecule has 23 heavy (non-hydrogen) atoms. The van der Waals surface area contributed by atoms with Crippen LogP contribution in [0.1, 0.15) is 0 Å². The summed E-state index contributed by atoms with van der Waals surface area (Å²) < 4.78 is 50.3. The molecule has 0 bridgehead atoms. The molecule has 0 fully saturated rings. The molecule has 0 aliphatic rings. The van der Waals surface area contributed by atoms with E-state index in [1.165, 1.54) is 12.1 Å². The Morgan fingerprint density at radius 1 is 0.609 bits per heavy atom. The van der Waals surface area contributed by atoms with Crippen LogP contribution in [0.5, 0.6) is 0 Å². The van der Waals surface area contributed by atoms with Crippen LogP contribution < -0.4 is 4.13 Å². The van der Waals surface area contributed by atoms with Crippen molar-refractivity contribution >= 4 is 66.5 Å². The first-order valence-corrected chi connectivity index (χ1v) is 10.2. The minimum absolute atomic E-state index is 0.0264. The molecule has 2 aromatic rings. The second-order valence-electron chi connectivity index (χ2n) is 4.24. The van der Waals surface area contributed by atoms with Crippen molar-refractivity contribution in [3.05, 3.63) is 56.5 Å². The highest BCUT2D eigenvalue weighted by molar-refractivity contribution is 8.04. The van der Waals surface area contributed by atoms with E-state index < -0.39 is 20.0 Å². The summed E-state index contributed by atoms with van der Waals surface area (Å²) in [4.78, 5) is -0.703. The Bertz CT molecular complexity index is 895. The molecular formula is C12H7Cl4NO4S2. The SMILES string of the molecule is O=S(=O)(NS(=O)(=O)c1ccc(Cl)c(Cl)c1)c1ccc(Cl)c(Cl)c1. The zero-order chi connectivity index (χ0) is 17.4. The largest absolute Gasteiger partial charge is 0.253 e. The van der Waals surface area contributed by atoms with Gasteiger partial charge in [0.1, 0.15) is 0 Å². The molecule has 11 heteroatoms. The van der Waals surface area contributed by atoms with Crippen molar-refractivity contribution in [3.63, 3.8) is 0 Å². The average Bonchev–Trinajstić information content (AvgIpc) is 2.43. The van der Waals surface area contributed by atoms with Gasteiger partial charge in [0.25, 0.3) is 20.0 Å². The summed E-state index contributed by atoms with van der Waals surface area (Å²) in [6, 6.07) is 6.81. The second kappa shape index (κ2) is 6.76. The molecule has 0 radical (unpaired) electrons. The summed E-state index contributed by atoms with van der Waals surface area (Å²) in [6.45, 7) is 0. The average molecular weight is 435 g/mol. The molecule has 0 aromatic heterocycles. The standard InChI is InChI=1S/C12H7Cl4NO4S2/c13-9-3-1-7(5-11(9)15)22(18,19)17-23(20,21)8-2-4-10(14)12(16)6-8/h1-6,17H. The van der Waals surface area contributed by atoms with Crippen molar-refractivity contribution in [2.45, 2.75) is 9.79 Å². The number of halogens is 4. The van der Waals surface area contributed by atoms with E-state index in [0.717, 1.165) is 24.3 Å². The minimum Gasteiger partial charge on any atom is -0.206 e. The summed E-state index contributed by atoms with van der Waals surface area (Å²) in [5.74, 6) is 0. The molecule has 0 amide bonds. The lowest BCUT2D eigenvalue weighted by Crippen LogP contribution is -2.30. The Balaban J connectivity index is 2.42. The lowest BCUT2D eigenvalue weighted by molar-refractivity contribution is 0.577. The van der Waals surface area contributed by atoms with Crippen molar-refractivity contribution in [1.82, 2.24) is 4.13 Å². The zero-order valence-electron chi connectivity index (χ0n) is 10.9. The quantitative estimate of drug-likeness (QED) is 0.789. The monoisotopic (exact) mass is 433 g/mol. The van der Waals surface area contributed by atoms with Crippen LogP contribution in [0.15, 0.2) is 46.2 Å². The first-order chi connectivity index (χ1) is 10.5. The smallest absolute Gasteiger partial charge is 0.206 e. The van der Waals surface area contributed by atoms with E-state index in [-0.39, 0.29) is 29.9 Å². The van der Waals surface area contributed by atoms with Crippen LogP contribution in [0.4, 0.5) is 0 Å². The highest BCUT2D eigenvalue weighted by Gasteiger charge is 2.25. The van der Waals surface area contributed by atoms with Crippen molar-refractivity contribution in [3.8, 4) is 0 Å². The second-order valence-corrected chi connectivity index (χ2v) is 9.49. The van der Waals surface area contributed by atoms with Crippen molar-refractivity contribution in [2.24, 2.45) is 0 Å². The van der Waals surface area contributed by atoms with Crippen molar-refractivity contribution < 1.29 is 16.8 Å². The molecule has 0 atom stereocenters. The molecular weight excluding hydrogens is 428 g/mol. The van der Waals surface area contributed by atoms with Crippen molar-refractivity contribution in [1.29, 1.82) is 0 Å². The van der Waals surface area contributed by atoms with Gasteiger partial charge in [-0.2, -0.15) is 0 Å². The summed E-state index contributed by atoms with van der Waals surface area (Å²) in [6.07, 6.45) is 0. The third-order valence-electron chi connectivity index (χ3n) is 2.62. The molecule has 2 rings (SSSR count). The minimum atomic E-state index is -4.39. The maximum Gasteiger partial charge on any atom is 0.253 e. The first kappa shape index (κ1) is 18.8. The van der Waals surface area contributed by atoms with E-state index in [1.807, 2.05) is 0 Å². The molecule has 0 heterocycles. The van der Waals surface area contributed by atoms with Gasteiger partial charge in [0, 0.05) is 0 Å². The van der Waals surface area contributed by atoms with E-state index in [1.54, 1.807) is 4.13 Å². The number of nitrogens with one attached hydrogen (secondary N) is 1. The highest BCUT2D eigenvalue weighted by atomic mass is 35.5. The Kier molecular flexibility index (Phi) is 5.52. The van der Waals surface area contributed by atoms with Crippen LogP contribution in [0.2, 0.25) is 20.1 Å². The van der Waals surface area contributed by atoms with Gasteiger partial charge in [0.05, 0.1) is 29.9 Å². The zero-order valence-corrected chi connectivity index (χ0v) is 15.6. The topological polar surface area (TPSA) is 80.3 Å². The molecule has 0 saturated heterocycles. The summed E-state index contributed by atoms with van der Waals surface area (Å²) >= 11 is 22.9. The number of hydrogen-bond acceptors (Lipinski definition) is 4. The fourth-order valence-corrected chi connectivity index (χ4v) is 5.22. The first-order valence-electron chi connectivity index (χ1n) is 5.72. The van der Waals surface area contributed by atoms with E-state index in [0.29, 0.717) is 0 Å². The number of sulfonamides is 2. The van der Waals surface area contributed by atoms with Crippen LogP contribution in [0.3, 0.4) is 0 Å². The fourth-order valence-electron chi connectivity index (χ4n) is 1.53. The molecule has 1 N–H and O–H groups in total. The van der Waals surface area contributed by atoms with Gasteiger partial charge >= 0.3 is 0 Å². The van der Waals surface area contributed by atoms with E-state index in [4.69, 9.17) is 46.4 Å². The molecule has 0 aliphatic carbocycles. The van der Waals surface area contributed by atoms with E-state index in [2.05, 4.69) is 0 Å². The Hall–Kier alpha value is -0.540. The Morgan fingerprint density at radius 2 is 0.957 bits per heavy atom. The molecule has 5 nitrogen and oxygen atoms in total. The third-order valence-corrected chi connectivity index (χ3v) is 7.60. The third kappa shape index (κ3) is 4.30. The van der Waals surface area contributed by atoms with Crippen LogP contribution in [0.25, 0.3) is 0 Å². The van der Waals surface area contributed by atoms with Gasteiger partial charge in [-0.1, -0.05) is 46.4 Å². The molecule has 2 aromatic carbocycles. The van der Waals surface area contributed by atoms with Crippen LogP contribution in [-0.4, -0.2) is 16.8 Å². The summed E-state index contributed by atoms with van der Waals surface area (Å²) in [5, 5.41) is 0.221. The van der Waals surface area contributed by atoms with E-state index >= 15 is 0 Å². The van der Waals surface area contributed by atoms with Gasteiger partial charge < -0.3 is 0 Å². The summed E-state index contributed by atoms with van der Waals surface area (Å²) in [5.41, 5.74) is 0. The lowest BCUT2D eigenvalue weighted by Gasteiger charge is -2.09. The number of hydrogen-bond donors (Lipinski definition) is 1. The van der Waals surface area contributed by atoms with Gasteiger partial charge in [-0.25, -0.2) is 16.8 Å². The Labute approximate surface area is 153 Å². The Morgan fingerprint density at radius 3 is 1.26 bits per heavy atom.